The normalized spacial score (nSPS) is 15.8. The first kappa shape index (κ1) is 15.0. The van der Waals surface area contributed by atoms with E-state index in [1.54, 1.807) is 5.38 Å². The monoisotopic (exact) mass is 317 g/mol. The molecule has 22 heavy (non-hydrogen) atoms. The molecule has 0 spiro atoms. The van der Waals surface area contributed by atoms with Crippen LogP contribution in [0.1, 0.15) is 16.1 Å². The number of thiazole rings is 1. The van der Waals surface area contributed by atoms with Gasteiger partial charge in [0.2, 0.25) is 0 Å². The molecular formula is C16H19N3O2S. The van der Waals surface area contributed by atoms with Gasteiger partial charge in [-0.15, -0.1) is 11.3 Å². The SMILES string of the molecule is COC(=O)c1csc(N2CCN(Cc3ccccc3)CC2)n1. The largest absolute Gasteiger partial charge is 0.464 e. The summed E-state index contributed by atoms with van der Waals surface area (Å²) in [6.45, 7) is 4.85. The van der Waals surface area contributed by atoms with Gasteiger partial charge in [-0.25, -0.2) is 9.78 Å². The third kappa shape index (κ3) is 3.45. The summed E-state index contributed by atoms with van der Waals surface area (Å²) in [6, 6.07) is 10.5. The lowest BCUT2D eigenvalue weighted by Gasteiger charge is -2.34. The molecule has 3 rings (SSSR count). The van der Waals surface area contributed by atoms with Crippen molar-refractivity contribution in [1.29, 1.82) is 0 Å². The summed E-state index contributed by atoms with van der Waals surface area (Å²) in [4.78, 5) is 20.5. The van der Waals surface area contributed by atoms with Gasteiger partial charge in [-0.2, -0.15) is 0 Å². The van der Waals surface area contributed by atoms with E-state index in [-0.39, 0.29) is 5.97 Å². The summed E-state index contributed by atoms with van der Waals surface area (Å²) in [5.74, 6) is -0.370. The van der Waals surface area contributed by atoms with Crippen LogP contribution in [0, 0.1) is 0 Å². The number of benzene rings is 1. The average molecular weight is 317 g/mol. The van der Waals surface area contributed by atoms with Gasteiger partial charge >= 0.3 is 5.97 Å². The molecule has 5 nitrogen and oxygen atoms in total. The Labute approximate surface area is 134 Å². The van der Waals surface area contributed by atoms with Crippen LogP contribution < -0.4 is 4.90 Å². The Morgan fingerprint density at radius 3 is 2.64 bits per heavy atom. The predicted molar refractivity (Wildman–Crippen MR) is 87.4 cm³/mol. The zero-order valence-electron chi connectivity index (χ0n) is 12.6. The molecule has 0 aliphatic carbocycles. The first-order valence-corrected chi connectivity index (χ1v) is 8.19. The third-order valence-electron chi connectivity index (χ3n) is 3.78. The van der Waals surface area contributed by atoms with Gasteiger partial charge < -0.3 is 9.64 Å². The first-order chi connectivity index (χ1) is 10.8. The Balaban J connectivity index is 1.55. The number of hydrogen-bond donors (Lipinski definition) is 0. The van der Waals surface area contributed by atoms with E-state index >= 15 is 0 Å². The third-order valence-corrected chi connectivity index (χ3v) is 4.68. The van der Waals surface area contributed by atoms with Crippen LogP contribution in [0.5, 0.6) is 0 Å². The molecule has 1 aromatic heterocycles. The molecule has 2 aromatic rings. The van der Waals surface area contributed by atoms with Crippen molar-refractivity contribution in [2.24, 2.45) is 0 Å². The maximum Gasteiger partial charge on any atom is 0.357 e. The maximum absolute atomic E-state index is 11.5. The molecule has 2 heterocycles. The molecule has 0 N–H and O–H groups in total. The molecule has 1 aliphatic heterocycles. The van der Waals surface area contributed by atoms with Crippen molar-refractivity contribution in [2.75, 3.05) is 38.2 Å². The van der Waals surface area contributed by atoms with Gasteiger partial charge in [0.25, 0.3) is 0 Å². The topological polar surface area (TPSA) is 45.7 Å². The summed E-state index contributed by atoms with van der Waals surface area (Å²) in [5, 5.41) is 2.66. The van der Waals surface area contributed by atoms with Crippen molar-refractivity contribution >= 4 is 22.4 Å². The molecule has 0 amide bonds. The summed E-state index contributed by atoms with van der Waals surface area (Å²) in [6.07, 6.45) is 0. The van der Waals surface area contributed by atoms with Crippen LogP contribution in [-0.2, 0) is 11.3 Å². The lowest BCUT2D eigenvalue weighted by molar-refractivity contribution is 0.0595. The van der Waals surface area contributed by atoms with Crippen LogP contribution in [0.2, 0.25) is 0 Å². The number of hydrogen-bond acceptors (Lipinski definition) is 6. The summed E-state index contributed by atoms with van der Waals surface area (Å²) in [7, 11) is 1.38. The van der Waals surface area contributed by atoms with Gasteiger partial charge in [0.05, 0.1) is 7.11 Å². The van der Waals surface area contributed by atoms with Crippen LogP contribution >= 0.6 is 11.3 Å². The molecule has 1 aliphatic rings. The molecule has 0 atom stereocenters. The van der Waals surface area contributed by atoms with Crippen LogP contribution in [0.3, 0.4) is 0 Å². The van der Waals surface area contributed by atoms with Gasteiger partial charge in [0, 0.05) is 38.1 Å². The molecule has 6 heteroatoms. The molecule has 116 valence electrons. The molecule has 0 radical (unpaired) electrons. The molecule has 1 aromatic carbocycles. The van der Waals surface area contributed by atoms with E-state index in [4.69, 9.17) is 4.74 Å². The molecule has 0 saturated carbocycles. The zero-order valence-corrected chi connectivity index (χ0v) is 13.4. The van der Waals surface area contributed by atoms with E-state index in [0.29, 0.717) is 5.69 Å². The second-order valence-corrected chi connectivity index (χ2v) is 6.09. The second-order valence-electron chi connectivity index (χ2n) is 5.26. The van der Waals surface area contributed by atoms with E-state index in [1.165, 1.54) is 24.0 Å². The van der Waals surface area contributed by atoms with Crippen molar-refractivity contribution in [3.63, 3.8) is 0 Å². The molecule has 0 unspecified atom stereocenters. The Morgan fingerprint density at radius 1 is 1.23 bits per heavy atom. The number of carbonyl (C=O) groups excluding carboxylic acids is 1. The number of nitrogens with zero attached hydrogens (tertiary/aromatic N) is 3. The number of rotatable bonds is 4. The number of esters is 1. The summed E-state index contributed by atoms with van der Waals surface area (Å²) >= 11 is 1.50. The highest BCUT2D eigenvalue weighted by atomic mass is 32.1. The minimum absolute atomic E-state index is 0.370. The Kier molecular flexibility index (Phi) is 4.70. The van der Waals surface area contributed by atoms with E-state index < -0.39 is 0 Å². The highest BCUT2D eigenvalue weighted by Crippen LogP contribution is 2.22. The minimum atomic E-state index is -0.370. The average Bonchev–Trinajstić information content (AvgIpc) is 3.06. The minimum Gasteiger partial charge on any atom is -0.464 e. The maximum atomic E-state index is 11.5. The van der Waals surface area contributed by atoms with Crippen molar-refractivity contribution in [2.45, 2.75) is 6.54 Å². The number of carbonyl (C=O) groups is 1. The molecule has 1 saturated heterocycles. The van der Waals surface area contributed by atoms with Crippen LogP contribution in [0.15, 0.2) is 35.7 Å². The van der Waals surface area contributed by atoms with E-state index in [9.17, 15) is 4.79 Å². The van der Waals surface area contributed by atoms with Crippen LogP contribution in [-0.4, -0.2) is 49.1 Å². The number of methoxy groups -OCH3 is 1. The van der Waals surface area contributed by atoms with Gasteiger partial charge in [0.15, 0.2) is 10.8 Å². The van der Waals surface area contributed by atoms with Gasteiger partial charge in [-0.3, -0.25) is 4.90 Å². The van der Waals surface area contributed by atoms with Gasteiger partial charge in [-0.1, -0.05) is 30.3 Å². The van der Waals surface area contributed by atoms with Crippen LogP contribution in [0.4, 0.5) is 5.13 Å². The lowest BCUT2D eigenvalue weighted by atomic mass is 10.2. The highest BCUT2D eigenvalue weighted by molar-refractivity contribution is 7.13. The fraction of sp³-hybridized carbons (Fsp3) is 0.375. The molecule has 1 fully saturated rings. The van der Waals surface area contributed by atoms with Crippen molar-refractivity contribution in [3.05, 3.63) is 47.0 Å². The summed E-state index contributed by atoms with van der Waals surface area (Å²) in [5.41, 5.74) is 1.74. The van der Waals surface area contributed by atoms with Crippen molar-refractivity contribution < 1.29 is 9.53 Å². The fourth-order valence-electron chi connectivity index (χ4n) is 2.55. The van der Waals surface area contributed by atoms with Crippen molar-refractivity contribution in [1.82, 2.24) is 9.88 Å². The number of piperazine rings is 1. The molecular weight excluding hydrogens is 298 g/mol. The quantitative estimate of drug-likeness (QED) is 0.809. The smallest absolute Gasteiger partial charge is 0.357 e. The predicted octanol–water partition coefficient (Wildman–Crippen LogP) is 2.25. The summed E-state index contributed by atoms with van der Waals surface area (Å²) < 4.78 is 4.70. The lowest BCUT2D eigenvalue weighted by Crippen LogP contribution is -2.45. The van der Waals surface area contributed by atoms with Gasteiger partial charge in [-0.05, 0) is 5.56 Å². The van der Waals surface area contributed by atoms with E-state index in [1.807, 2.05) is 6.07 Å². The Bertz CT molecular complexity index is 621. The standard InChI is InChI=1S/C16H19N3O2S/c1-21-15(20)14-12-22-16(17-14)19-9-7-18(8-10-19)11-13-5-3-2-4-6-13/h2-6,12H,7-11H2,1H3. The van der Waals surface area contributed by atoms with Crippen molar-refractivity contribution in [3.8, 4) is 0 Å². The fourth-order valence-corrected chi connectivity index (χ4v) is 3.40. The van der Waals surface area contributed by atoms with Gasteiger partial charge in [0.1, 0.15) is 0 Å². The highest BCUT2D eigenvalue weighted by Gasteiger charge is 2.20. The van der Waals surface area contributed by atoms with E-state index in [0.717, 1.165) is 37.9 Å². The Morgan fingerprint density at radius 2 is 1.95 bits per heavy atom. The second kappa shape index (κ2) is 6.89. The Hall–Kier alpha value is -1.92. The number of aromatic nitrogens is 1. The number of anilines is 1. The molecule has 0 bridgehead atoms. The van der Waals surface area contributed by atoms with E-state index in [2.05, 4.69) is 39.0 Å². The van der Waals surface area contributed by atoms with Crippen LogP contribution in [0.25, 0.3) is 0 Å². The zero-order chi connectivity index (χ0) is 15.4. The number of ether oxygens (including phenoxy) is 1. The first-order valence-electron chi connectivity index (χ1n) is 7.31.